The van der Waals surface area contributed by atoms with Crippen molar-refractivity contribution >= 4 is 45.8 Å². The Bertz CT molecular complexity index is 1460. The van der Waals surface area contributed by atoms with Crippen molar-refractivity contribution in [2.75, 3.05) is 13.1 Å². The van der Waals surface area contributed by atoms with Crippen LogP contribution in [0.15, 0.2) is 25.8 Å². The molecule has 0 radical (unpaired) electrons. The van der Waals surface area contributed by atoms with Gasteiger partial charge in [0.15, 0.2) is 0 Å². The average molecular weight is 543 g/mol. The van der Waals surface area contributed by atoms with Crippen molar-refractivity contribution < 1.29 is 33.1 Å². The molecule has 0 bridgehead atoms. The molecule has 39 heavy (non-hydrogen) atoms. The molecule has 2 heterocycles. The highest BCUT2D eigenvalue weighted by molar-refractivity contribution is 5.97. The van der Waals surface area contributed by atoms with E-state index in [0.717, 1.165) is 22.1 Å². The number of aryl methyl sites for hydroxylation is 3. The van der Waals surface area contributed by atoms with Crippen LogP contribution in [0.25, 0.3) is 21.9 Å². The van der Waals surface area contributed by atoms with E-state index in [1.54, 1.807) is 13.0 Å². The van der Waals surface area contributed by atoms with Gasteiger partial charge in [-0.15, -0.1) is 0 Å². The first-order chi connectivity index (χ1) is 18.5. The molecule has 12 nitrogen and oxygen atoms in total. The van der Waals surface area contributed by atoms with E-state index in [-0.39, 0.29) is 45.2 Å². The molecule has 6 N–H and O–H groups in total. The summed E-state index contributed by atoms with van der Waals surface area (Å²) >= 11 is 0. The van der Waals surface area contributed by atoms with Gasteiger partial charge in [0, 0.05) is 48.3 Å². The van der Waals surface area contributed by atoms with Crippen molar-refractivity contribution in [1.29, 1.82) is 0 Å². The molecule has 0 saturated heterocycles. The van der Waals surface area contributed by atoms with Crippen LogP contribution in [-0.4, -0.2) is 48.1 Å². The standard InChI is InChI=1S/C27H34N4O8/c1-14-16(3)38-21-13-22-19(12-18(14)21)15(2)17(26(36)39-22)8-9-23(32)31-20(6-4-11-30-27(28)37)25(35)29-10-5-7-24(33)34/h12-13,20H,4-11H2,1-3H3,(H,29,35)(H,31,32)(H,33,34)(H3,28,30,37)/t20-/m0/s1. The number of primary amides is 1. The van der Waals surface area contributed by atoms with Crippen LogP contribution in [-0.2, 0) is 20.8 Å². The SMILES string of the molecule is Cc1oc2cc3oc(=O)c(CCC(=O)N[C@@H](CCCNC(N)=O)C(=O)NCCCC(=O)O)c(C)c3cc2c1C. The fourth-order valence-corrected chi connectivity index (χ4v) is 4.38. The molecule has 3 aromatic rings. The number of carbonyl (C=O) groups excluding carboxylic acids is 3. The Labute approximate surface area is 224 Å². The average Bonchev–Trinajstić information content (AvgIpc) is 3.14. The second-order valence-corrected chi connectivity index (χ2v) is 9.46. The zero-order valence-electron chi connectivity index (χ0n) is 22.3. The molecule has 0 aliphatic heterocycles. The summed E-state index contributed by atoms with van der Waals surface area (Å²) < 4.78 is 11.3. The molecule has 0 aliphatic rings. The largest absolute Gasteiger partial charge is 0.481 e. The van der Waals surface area contributed by atoms with Crippen molar-refractivity contribution in [3.63, 3.8) is 0 Å². The summed E-state index contributed by atoms with van der Waals surface area (Å²) in [6.45, 7) is 5.98. The third-order valence-electron chi connectivity index (χ3n) is 6.67. The second-order valence-electron chi connectivity index (χ2n) is 9.46. The fourth-order valence-electron chi connectivity index (χ4n) is 4.38. The van der Waals surface area contributed by atoms with Crippen LogP contribution in [0.4, 0.5) is 4.79 Å². The molecule has 3 rings (SSSR count). The Morgan fingerprint density at radius 2 is 1.59 bits per heavy atom. The molecule has 0 fully saturated rings. The highest BCUT2D eigenvalue weighted by atomic mass is 16.4. The molecule has 0 aliphatic carbocycles. The number of furan rings is 1. The highest BCUT2D eigenvalue weighted by Crippen LogP contribution is 2.31. The molecule has 2 aromatic heterocycles. The van der Waals surface area contributed by atoms with Crippen LogP contribution in [0.3, 0.4) is 0 Å². The zero-order valence-corrected chi connectivity index (χ0v) is 22.3. The molecule has 1 aromatic carbocycles. The molecule has 0 spiro atoms. The van der Waals surface area contributed by atoms with Crippen molar-refractivity contribution in [3.05, 3.63) is 45.0 Å². The lowest BCUT2D eigenvalue weighted by Gasteiger charge is -2.19. The number of carboxylic acid groups (broad SMARTS) is 1. The van der Waals surface area contributed by atoms with Gasteiger partial charge in [-0.05, 0) is 63.6 Å². The van der Waals surface area contributed by atoms with Crippen molar-refractivity contribution in [1.82, 2.24) is 16.0 Å². The van der Waals surface area contributed by atoms with Gasteiger partial charge in [-0.1, -0.05) is 0 Å². The maximum absolute atomic E-state index is 12.8. The third-order valence-corrected chi connectivity index (χ3v) is 6.67. The number of hydrogen-bond acceptors (Lipinski definition) is 7. The van der Waals surface area contributed by atoms with Gasteiger partial charge in [-0.25, -0.2) is 9.59 Å². The highest BCUT2D eigenvalue weighted by Gasteiger charge is 2.22. The summed E-state index contributed by atoms with van der Waals surface area (Å²) in [6.07, 6.45) is 0.767. The molecular formula is C27H34N4O8. The van der Waals surface area contributed by atoms with Gasteiger partial charge >= 0.3 is 17.6 Å². The van der Waals surface area contributed by atoms with E-state index in [2.05, 4.69) is 16.0 Å². The molecular weight excluding hydrogens is 508 g/mol. The zero-order chi connectivity index (χ0) is 28.7. The second kappa shape index (κ2) is 12.9. The minimum atomic E-state index is -0.973. The maximum Gasteiger partial charge on any atom is 0.339 e. The normalized spacial score (nSPS) is 11.9. The van der Waals surface area contributed by atoms with Gasteiger partial charge in [-0.3, -0.25) is 14.4 Å². The number of amides is 4. The Morgan fingerprint density at radius 3 is 2.28 bits per heavy atom. The number of hydrogen-bond donors (Lipinski definition) is 5. The van der Waals surface area contributed by atoms with E-state index in [1.165, 1.54) is 0 Å². The van der Waals surface area contributed by atoms with Crippen LogP contribution < -0.4 is 27.3 Å². The fraction of sp³-hybridized carbons (Fsp3) is 0.444. The summed E-state index contributed by atoms with van der Waals surface area (Å²) in [6, 6.07) is 2.01. The Balaban J connectivity index is 1.69. The van der Waals surface area contributed by atoms with Gasteiger partial charge in [0.25, 0.3) is 0 Å². The van der Waals surface area contributed by atoms with E-state index >= 15 is 0 Å². The van der Waals surface area contributed by atoms with Crippen LogP contribution in [0.1, 0.15) is 54.6 Å². The van der Waals surface area contributed by atoms with E-state index in [0.29, 0.717) is 28.7 Å². The van der Waals surface area contributed by atoms with Gasteiger partial charge in [0.1, 0.15) is 23.0 Å². The van der Waals surface area contributed by atoms with E-state index in [1.807, 2.05) is 19.9 Å². The van der Waals surface area contributed by atoms with E-state index in [4.69, 9.17) is 19.7 Å². The predicted octanol–water partition coefficient (Wildman–Crippen LogP) is 2.31. The monoisotopic (exact) mass is 542 g/mol. The van der Waals surface area contributed by atoms with Crippen LogP contribution in [0.5, 0.6) is 0 Å². The summed E-state index contributed by atoms with van der Waals surface area (Å²) in [4.78, 5) is 59.8. The van der Waals surface area contributed by atoms with Gasteiger partial charge in [0.2, 0.25) is 11.8 Å². The van der Waals surface area contributed by atoms with Gasteiger partial charge < -0.3 is 35.6 Å². The maximum atomic E-state index is 12.8. The number of carbonyl (C=O) groups is 4. The van der Waals surface area contributed by atoms with Crippen LogP contribution in [0, 0.1) is 20.8 Å². The predicted molar refractivity (Wildman–Crippen MR) is 143 cm³/mol. The molecule has 0 saturated carbocycles. The van der Waals surface area contributed by atoms with Crippen molar-refractivity contribution in [3.8, 4) is 0 Å². The molecule has 210 valence electrons. The number of nitrogens with one attached hydrogen (secondary N) is 3. The third kappa shape index (κ3) is 7.59. The molecule has 1 atom stereocenters. The first-order valence-electron chi connectivity index (χ1n) is 12.8. The van der Waals surface area contributed by atoms with Crippen molar-refractivity contribution in [2.24, 2.45) is 5.73 Å². The Hall–Kier alpha value is -4.35. The number of rotatable bonds is 13. The summed E-state index contributed by atoms with van der Waals surface area (Å²) in [5.74, 6) is -1.11. The molecule has 12 heteroatoms. The lowest BCUT2D eigenvalue weighted by Crippen LogP contribution is -2.47. The van der Waals surface area contributed by atoms with Crippen LogP contribution >= 0.6 is 0 Å². The lowest BCUT2D eigenvalue weighted by molar-refractivity contribution is -0.137. The number of carboxylic acids is 1. The topological polar surface area (TPSA) is 194 Å². The first kappa shape index (κ1) is 29.2. The minimum Gasteiger partial charge on any atom is -0.481 e. The quantitative estimate of drug-likeness (QED) is 0.160. The number of fused-ring (bicyclic) bond motifs is 2. The van der Waals surface area contributed by atoms with Crippen LogP contribution in [0.2, 0.25) is 0 Å². The summed E-state index contributed by atoms with van der Waals surface area (Å²) in [5.41, 5.74) is 7.62. The number of aliphatic carboxylic acids is 1. The summed E-state index contributed by atoms with van der Waals surface area (Å²) in [5, 5.41) is 18.2. The summed E-state index contributed by atoms with van der Waals surface area (Å²) in [7, 11) is 0. The number of urea groups is 1. The molecule has 0 unspecified atom stereocenters. The first-order valence-corrected chi connectivity index (χ1v) is 12.8. The van der Waals surface area contributed by atoms with E-state index < -0.39 is 35.5 Å². The Kier molecular flexibility index (Phi) is 9.69. The smallest absolute Gasteiger partial charge is 0.339 e. The Morgan fingerprint density at radius 1 is 0.923 bits per heavy atom. The van der Waals surface area contributed by atoms with Gasteiger partial charge in [0.05, 0.1) is 0 Å². The van der Waals surface area contributed by atoms with Gasteiger partial charge in [-0.2, -0.15) is 0 Å². The lowest BCUT2D eigenvalue weighted by atomic mass is 10.00. The number of benzene rings is 1. The van der Waals surface area contributed by atoms with Crippen molar-refractivity contribution in [2.45, 2.75) is 65.3 Å². The minimum absolute atomic E-state index is 0.0640. The molecule has 4 amide bonds. The number of nitrogens with two attached hydrogens (primary N) is 1. The van der Waals surface area contributed by atoms with E-state index in [9.17, 15) is 24.0 Å².